The number of aliphatic hydroxyl groups is 4. The fourth-order valence-electron chi connectivity index (χ4n) is 4.42. The number of aliphatic hydroxyl groups excluding tert-OH is 3. The number of rotatable bonds is 3. The Morgan fingerprint density at radius 2 is 1.79 bits per heavy atom. The zero-order valence-corrected chi connectivity index (χ0v) is 15.5. The monoisotopic (exact) mass is 399 g/mol. The first-order chi connectivity index (χ1) is 13.6. The summed E-state index contributed by atoms with van der Waals surface area (Å²) in [7, 11) is 0. The van der Waals surface area contributed by atoms with Crippen molar-refractivity contribution in [3.8, 4) is 0 Å². The summed E-state index contributed by atoms with van der Waals surface area (Å²) in [6.07, 6.45) is 3.87. The van der Waals surface area contributed by atoms with Crippen LogP contribution < -0.4 is 5.73 Å². The van der Waals surface area contributed by atoms with Gasteiger partial charge in [0.2, 0.25) is 5.78 Å². The molecule has 6 N–H and O–H groups in total. The number of carbonyl (C=O) groups is 3. The molecule has 0 bridgehead atoms. The first kappa shape index (κ1) is 20.5. The Balaban J connectivity index is 2.28. The molecule has 0 radical (unpaired) electrons. The first-order valence-electron chi connectivity index (χ1n) is 8.92. The minimum absolute atomic E-state index is 0.0967. The molecular weight excluding hydrogens is 378 g/mol. The SMILES string of the molecule is C=C/C=C1/C(O)=C2C(=O)[C@]3(O)C(O)=C(C(N)=O)C(=O)C[C@@H]3CC2[C@H](O)/C1=C/C=C. The number of hydrogen-bond acceptors (Lipinski definition) is 7. The molecule has 29 heavy (non-hydrogen) atoms. The normalized spacial score (nSPS) is 34.9. The van der Waals surface area contributed by atoms with Gasteiger partial charge in [-0.05, 0) is 12.0 Å². The van der Waals surface area contributed by atoms with Gasteiger partial charge in [-0.2, -0.15) is 0 Å². The van der Waals surface area contributed by atoms with Gasteiger partial charge >= 0.3 is 0 Å². The third-order valence-electron chi connectivity index (χ3n) is 5.75. The lowest BCUT2D eigenvalue weighted by molar-refractivity contribution is -0.149. The molecule has 0 heterocycles. The average Bonchev–Trinajstić information content (AvgIpc) is 2.65. The maximum absolute atomic E-state index is 13.2. The summed E-state index contributed by atoms with van der Waals surface area (Å²) in [4.78, 5) is 37.1. The third-order valence-corrected chi connectivity index (χ3v) is 5.75. The second-order valence-electron chi connectivity index (χ2n) is 7.23. The third kappa shape index (κ3) is 2.72. The number of Topliss-reactive ketones (excluding diaryl/α,β-unsaturated/α-hetero) is 2. The van der Waals surface area contributed by atoms with Gasteiger partial charge in [0.15, 0.2) is 11.4 Å². The molecule has 0 aromatic heterocycles. The molecule has 0 spiro atoms. The summed E-state index contributed by atoms with van der Waals surface area (Å²) in [5, 5.41) is 43.2. The summed E-state index contributed by atoms with van der Waals surface area (Å²) in [6, 6.07) is 0. The van der Waals surface area contributed by atoms with E-state index in [1.807, 2.05) is 0 Å². The van der Waals surface area contributed by atoms with Crippen molar-refractivity contribution in [3.05, 3.63) is 71.3 Å². The summed E-state index contributed by atoms with van der Waals surface area (Å²) in [5.74, 6) is -6.80. The van der Waals surface area contributed by atoms with Gasteiger partial charge in [0.25, 0.3) is 5.91 Å². The minimum atomic E-state index is -2.60. The first-order valence-corrected chi connectivity index (χ1v) is 8.92. The van der Waals surface area contributed by atoms with Gasteiger partial charge < -0.3 is 26.2 Å². The lowest BCUT2D eigenvalue weighted by atomic mass is 9.58. The van der Waals surface area contributed by atoms with Crippen molar-refractivity contribution in [2.45, 2.75) is 24.5 Å². The number of carbonyl (C=O) groups excluding carboxylic acids is 3. The van der Waals surface area contributed by atoms with Crippen LogP contribution in [0.2, 0.25) is 0 Å². The molecule has 8 heteroatoms. The van der Waals surface area contributed by atoms with Crippen molar-refractivity contribution in [2.24, 2.45) is 17.6 Å². The number of fused-ring (bicyclic) bond motifs is 2. The van der Waals surface area contributed by atoms with E-state index in [0.29, 0.717) is 5.57 Å². The number of allylic oxidation sites excluding steroid dienone is 5. The number of ketones is 2. The molecule has 0 saturated heterocycles. The Labute approximate surface area is 166 Å². The van der Waals surface area contributed by atoms with Crippen LogP contribution in [0.4, 0.5) is 0 Å². The highest BCUT2D eigenvalue weighted by molar-refractivity contribution is 6.22. The zero-order valence-electron chi connectivity index (χ0n) is 15.5. The van der Waals surface area contributed by atoms with Gasteiger partial charge in [-0.25, -0.2) is 0 Å². The zero-order chi connectivity index (χ0) is 21.7. The smallest absolute Gasteiger partial charge is 0.255 e. The van der Waals surface area contributed by atoms with Crippen LogP contribution >= 0.6 is 0 Å². The quantitative estimate of drug-likeness (QED) is 0.435. The Bertz CT molecular complexity index is 981. The van der Waals surface area contributed by atoms with Crippen LogP contribution in [0.3, 0.4) is 0 Å². The standard InChI is InChI=1S/C21H21NO7/c1-3-5-10-11(6-4-2)17(25)14-12(16(10)24)7-9-8-13(23)15(20(22)28)19(27)21(9,29)18(14)26/h3-6,9,12,16,24-25,27,29H,1-2,7-8H2,(H2,22,28)/b10-5+,11-6+/t9-,12?,16+,21-/m0/s1. The van der Waals surface area contributed by atoms with Crippen LogP contribution in [0, 0.1) is 11.8 Å². The highest BCUT2D eigenvalue weighted by Crippen LogP contribution is 2.52. The fraction of sp³-hybridized carbons (Fsp3) is 0.286. The van der Waals surface area contributed by atoms with E-state index in [0.717, 1.165) is 0 Å². The van der Waals surface area contributed by atoms with Gasteiger partial charge in [-0.1, -0.05) is 37.5 Å². The maximum atomic E-state index is 13.2. The summed E-state index contributed by atoms with van der Waals surface area (Å²) < 4.78 is 0. The molecule has 4 atom stereocenters. The molecule has 3 rings (SSSR count). The second kappa shape index (κ2) is 6.98. The Morgan fingerprint density at radius 1 is 1.17 bits per heavy atom. The van der Waals surface area contributed by atoms with E-state index in [4.69, 9.17) is 5.73 Å². The molecule has 0 aromatic carbocycles. The van der Waals surface area contributed by atoms with Crippen molar-refractivity contribution >= 4 is 17.5 Å². The maximum Gasteiger partial charge on any atom is 0.255 e. The number of nitrogens with two attached hydrogens (primary N) is 1. The summed E-state index contributed by atoms with van der Waals surface area (Å²) in [5.41, 5.74) is 1.81. The number of amides is 1. The molecule has 1 fully saturated rings. The molecule has 152 valence electrons. The molecule has 1 unspecified atom stereocenters. The minimum Gasteiger partial charge on any atom is -0.508 e. The van der Waals surface area contributed by atoms with E-state index < -0.39 is 64.5 Å². The lowest BCUT2D eigenvalue weighted by Gasteiger charge is -2.47. The molecule has 0 aromatic rings. The predicted octanol–water partition coefficient (Wildman–Crippen LogP) is 0.604. The molecule has 0 aliphatic heterocycles. The van der Waals surface area contributed by atoms with Gasteiger partial charge in [0, 0.05) is 29.4 Å². The van der Waals surface area contributed by atoms with Crippen molar-refractivity contribution in [2.75, 3.05) is 0 Å². The molecule has 3 aliphatic carbocycles. The molecule has 3 aliphatic rings. The van der Waals surface area contributed by atoms with E-state index >= 15 is 0 Å². The second-order valence-corrected chi connectivity index (χ2v) is 7.23. The molecule has 1 saturated carbocycles. The van der Waals surface area contributed by atoms with Gasteiger partial charge in [-0.15, -0.1) is 0 Å². The van der Waals surface area contributed by atoms with E-state index in [-0.39, 0.29) is 17.6 Å². The molecular formula is C21H21NO7. The van der Waals surface area contributed by atoms with Crippen molar-refractivity contribution in [1.82, 2.24) is 0 Å². The van der Waals surface area contributed by atoms with Crippen LogP contribution in [-0.4, -0.2) is 49.6 Å². The summed E-state index contributed by atoms with van der Waals surface area (Å²) >= 11 is 0. The van der Waals surface area contributed by atoms with Crippen LogP contribution in [0.5, 0.6) is 0 Å². The van der Waals surface area contributed by atoms with Crippen molar-refractivity contribution in [3.63, 3.8) is 0 Å². The predicted molar refractivity (Wildman–Crippen MR) is 102 cm³/mol. The van der Waals surface area contributed by atoms with Crippen LogP contribution in [-0.2, 0) is 14.4 Å². The van der Waals surface area contributed by atoms with Gasteiger partial charge in [0.1, 0.15) is 17.1 Å². The largest absolute Gasteiger partial charge is 0.508 e. The van der Waals surface area contributed by atoms with Crippen LogP contribution in [0.15, 0.2) is 71.3 Å². The van der Waals surface area contributed by atoms with E-state index in [1.54, 1.807) is 0 Å². The lowest BCUT2D eigenvalue weighted by Crippen LogP contribution is -2.59. The highest BCUT2D eigenvalue weighted by atomic mass is 16.3. The average molecular weight is 399 g/mol. The van der Waals surface area contributed by atoms with Crippen LogP contribution in [0.1, 0.15) is 12.8 Å². The van der Waals surface area contributed by atoms with Gasteiger partial charge in [-0.3, -0.25) is 14.4 Å². The van der Waals surface area contributed by atoms with E-state index in [2.05, 4.69) is 13.2 Å². The highest BCUT2D eigenvalue weighted by Gasteiger charge is 2.61. The van der Waals surface area contributed by atoms with Crippen molar-refractivity contribution < 1.29 is 34.8 Å². The van der Waals surface area contributed by atoms with E-state index in [1.165, 1.54) is 24.3 Å². The van der Waals surface area contributed by atoms with Crippen LogP contribution in [0.25, 0.3) is 0 Å². The van der Waals surface area contributed by atoms with E-state index in [9.17, 15) is 34.8 Å². The Hall–Kier alpha value is -3.23. The summed E-state index contributed by atoms with van der Waals surface area (Å²) in [6.45, 7) is 7.12. The van der Waals surface area contributed by atoms with Crippen molar-refractivity contribution in [1.29, 1.82) is 0 Å². The fourth-order valence-corrected chi connectivity index (χ4v) is 4.42. The Morgan fingerprint density at radius 3 is 2.34 bits per heavy atom. The molecule has 8 nitrogen and oxygen atoms in total. The number of hydrogen-bond donors (Lipinski definition) is 5. The van der Waals surface area contributed by atoms with Gasteiger partial charge in [0.05, 0.1) is 6.10 Å². The molecule has 1 amide bonds. The topological polar surface area (TPSA) is 158 Å². The number of primary amides is 1. The Kier molecular flexibility index (Phi) is 4.94.